The fourth-order valence-electron chi connectivity index (χ4n) is 4.35. The maximum atomic E-state index is 13.7. The van der Waals surface area contributed by atoms with Crippen molar-refractivity contribution >= 4 is 58.3 Å². The van der Waals surface area contributed by atoms with Gasteiger partial charge in [0.1, 0.15) is 11.7 Å². The molecule has 10 heteroatoms. The largest absolute Gasteiger partial charge is 0.495 e. The first kappa shape index (κ1) is 28.2. The van der Waals surface area contributed by atoms with Crippen LogP contribution in [0.3, 0.4) is 0 Å². The number of para-hydroxylation sites is 3. The molecule has 2 N–H and O–H groups in total. The Morgan fingerprint density at radius 2 is 1.52 bits per heavy atom. The Morgan fingerprint density at radius 3 is 2.21 bits per heavy atom. The van der Waals surface area contributed by atoms with Crippen LogP contribution in [0.5, 0.6) is 5.75 Å². The average molecular weight is 578 g/mol. The number of carbonyl (C=O) groups is 3. The monoisotopic (exact) mass is 577 g/mol. The third-order valence-corrected chi connectivity index (χ3v) is 6.90. The first-order valence-electron chi connectivity index (χ1n) is 13.1. The third kappa shape index (κ3) is 6.18. The molecule has 0 radical (unpaired) electrons. The lowest BCUT2D eigenvalue weighted by Crippen LogP contribution is -2.65. The predicted octanol–water partition coefficient (Wildman–Crippen LogP) is 4.98. The molecule has 1 heterocycles. The molecule has 0 spiro atoms. The van der Waals surface area contributed by atoms with Crippen LogP contribution in [-0.2, 0) is 9.59 Å². The lowest BCUT2D eigenvalue weighted by atomic mass is 10.0. The molecule has 0 aliphatic carbocycles. The van der Waals surface area contributed by atoms with Crippen molar-refractivity contribution in [3.8, 4) is 5.75 Å². The highest BCUT2D eigenvalue weighted by Crippen LogP contribution is 2.32. The van der Waals surface area contributed by atoms with Gasteiger partial charge in [-0.25, -0.2) is 0 Å². The van der Waals surface area contributed by atoms with Gasteiger partial charge in [0.2, 0.25) is 11.0 Å². The SMILES string of the molecule is COc1ccccc1N1C(=O)C(CNc2ccccc2)C(=O)N(NC(=O)c2ccc(N=Cc3ccccc3)cc2)C1=S. The molecule has 5 rings (SSSR count). The number of methoxy groups -OCH3 is 1. The standard InChI is InChI=1S/C32H27N5O4S/c1-41-28-15-9-8-14-27(28)36-30(39)26(21-34-24-12-6-3-7-13-24)31(40)37(32(36)42)35-29(38)23-16-18-25(19-17-23)33-20-22-10-4-2-5-11-22/h2-20,26,34H,21H2,1H3,(H,35,38). The molecule has 3 amide bonds. The molecule has 1 unspecified atom stereocenters. The molecule has 42 heavy (non-hydrogen) atoms. The summed E-state index contributed by atoms with van der Waals surface area (Å²) < 4.78 is 5.46. The van der Waals surface area contributed by atoms with Gasteiger partial charge >= 0.3 is 0 Å². The number of carbonyl (C=O) groups excluding carboxylic acids is 3. The summed E-state index contributed by atoms with van der Waals surface area (Å²) in [5, 5.41) is 3.89. The van der Waals surface area contributed by atoms with Gasteiger partial charge in [0.05, 0.1) is 18.5 Å². The highest BCUT2D eigenvalue weighted by atomic mass is 32.1. The number of nitrogens with one attached hydrogen (secondary N) is 2. The first-order chi connectivity index (χ1) is 20.5. The molecule has 4 aromatic carbocycles. The molecule has 1 aliphatic rings. The lowest BCUT2D eigenvalue weighted by molar-refractivity contribution is -0.140. The van der Waals surface area contributed by atoms with Crippen LogP contribution in [0.4, 0.5) is 17.1 Å². The number of thiocarbonyl (C=S) groups is 1. The smallest absolute Gasteiger partial charge is 0.270 e. The molecule has 210 valence electrons. The molecule has 0 aromatic heterocycles. The minimum atomic E-state index is -1.18. The summed E-state index contributed by atoms with van der Waals surface area (Å²) in [5.74, 6) is -2.57. The van der Waals surface area contributed by atoms with E-state index in [1.807, 2.05) is 60.7 Å². The summed E-state index contributed by atoms with van der Waals surface area (Å²) in [6, 6.07) is 32.3. The van der Waals surface area contributed by atoms with Crippen molar-refractivity contribution in [2.45, 2.75) is 0 Å². The molecule has 1 fully saturated rings. The van der Waals surface area contributed by atoms with Gasteiger partial charge < -0.3 is 10.1 Å². The highest BCUT2D eigenvalue weighted by molar-refractivity contribution is 7.80. The van der Waals surface area contributed by atoms with Crippen molar-refractivity contribution in [1.29, 1.82) is 0 Å². The van der Waals surface area contributed by atoms with E-state index in [0.29, 0.717) is 17.1 Å². The van der Waals surface area contributed by atoms with Crippen molar-refractivity contribution in [3.05, 3.63) is 120 Å². The van der Waals surface area contributed by atoms with Gasteiger partial charge in [0.15, 0.2) is 0 Å². The number of aliphatic imine (C=N–C) groups is 1. The van der Waals surface area contributed by atoms with Crippen LogP contribution in [0.25, 0.3) is 0 Å². The topological polar surface area (TPSA) is 103 Å². The van der Waals surface area contributed by atoms with Crippen molar-refractivity contribution < 1.29 is 19.1 Å². The predicted molar refractivity (Wildman–Crippen MR) is 166 cm³/mol. The van der Waals surface area contributed by atoms with Gasteiger partial charge in [-0.3, -0.25) is 29.7 Å². The Balaban J connectivity index is 1.39. The second-order valence-electron chi connectivity index (χ2n) is 9.26. The van der Waals surface area contributed by atoms with Crippen LogP contribution >= 0.6 is 12.2 Å². The molecule has 0 bridgehead atoms. The van der Waals surface area contributed by atoms with Gasteiger partial charge in [-0.15, -0.1) is 0 Å². The van der Waals surface area contributed by atoms with E-state index in [4.69, 9.17) is 17.0 Å². The van der Waals surface area contributed by atoms with Gasteiger partial charge in [0, 0.05) is 24.0 Å². The van der Waals surface area contributed by atoms with Crippen LogP contribution in [0, 0.1) is 5.92 Å². The molecule has 9 nitrogen and oxygen atoms in total. The Bertz CT molecular complexity index is 1630. The van der Waals surface area contributed by atoms with Gasteiger partial charge in [-0.05, 0) is 66.3 Å². The number of hydrogen-bond donors (Lipinski definition) is 2. The first-order valence-corrected chi connectivity index (χ1v) is 13.5. The van der Waals surface area contributed by atoms with Crippen LogP contribution in [0.1, 0.15) is 15.9 Å². The number of anilines is 2. The molecule has 0 saturated carbocycles. The zero-order valence-electron chi connectivity index (χ0n) is 22.6. The fourth-order valence-corrected chi connectivity index (χ4v) is 4.67. The van der Waals surface area contributed by atoms with Crippen molar-refractivity contribution in [2.75, 3.05) is 23.9 Å². The van der Waals surface area contributed by atoms with Crippen LogP contribution in [-0.4, -0.2) is 47.7 Å². The number of amides is 3. The molecular formula is C32H27N5O4S. The van der Waals surface area contributed by atoms with Crippen molar-refractivity contribution in [2.24, 2.45) is 10.9 Å². The number of nitrogens with zero attached hydrogens (tertiary/aromatic N) is 3. The van der Waals surface area contributed by atoms with Gasteiger partial charge in [-0.1, -0.05) is 60.7 Å². The molecule has 1 aliphatic heterocycles. The third-order valence-electron chi connectivity index (χ3n) is 6.53. The summed E-state index contributed by atoms with van der Waals surface area (Å²) in [4.78, 5) is 46.3. The zero-order valence-corrected chi connectivity index (χ0v) is 23.5. The number of hydrogen-bond acceptors (Lipinski definition) is 7. The van der Waals surface area contributed by atoms with Crippen molar-refractivity contribution in [3.63, 3.8) is 0 Å². The number of ether oxygens (including phenoxy) is 1. The van der Waals surface area contributed by atoms with Crippen molar-refractivity contribution in [1.82, 2.24) is 10.4 Å². The second-order valence-corrected chi connectivity index (χ2v) is 9.62. The van der Waals surface area contributed by atoms with E-state index in [9.17, 15) is 14.4 Å². The maximum Gasteiger partial charge on any atom is 0.270 e. The van der Waals surface area contributed by atoms with Crippen LogP contribution in [0.2, 0.25) is 0 Å². The van der Waals surface area contributed by atoms with E-state index in [1.165, 1.54) is 12.0 Å². The summed E-state index contributed by atoms with van der Waals surface area (Å²) in [6.07, 6.45) is 1.73. The molecular weight excluding hydrogens is 550 g/mol. The summed E-state index contributed by atoms with van der Waals surface area (Å²) >= 11 is 5.59. The van der Waals surface area contributed by atoms with Crippen LogP contribution < -0.4 is 20.4 Å². The van der Waals surface area contributed by atoms with E-state index in [-0.39, 0.29) is 17.2 Å². The minimum absolute atomic E-state index is 0.0174. The molecule has 4 aromatic rings. The van der Waals surface area contributed by atoms with Crippen LogP contribution in [0.15, 0.2) is 114 Å². The van der Waals surface area contributed by atoms with Gasteiger partial charge in [-0.2, -0.15) is 5.01 Å². The summed E-state index contributed by atoms with van der Waals surface area (Å²) in [6.45, 7) is -0.0174. The highest BCUT2D eigenvalue weighted by Gasteiger charge is 2.46. The Kier molecular flexibility index (Phi) is 8.64. The lowest BCUT2D eigenvalue weighted by Gasteiger charge is -2.39. The summed E-state index contributed by atoms with van der Waals surface area (Å²) in [5.41, 5.74) is 5.57. The quantitative estimate of drug-likeness (QED) is 0.165. The molecule has 1 saturated heterocycles. The number of hydrazine groups is 1. The van der Waals surface area contributed by atoms with E-state index < -0.39 is 23.6 Å². The average Bonchev–Trinajstić information content (AvgIpc) is 3.03. The van der Waals surface area contributed by atoms with E-state index >= 15 is 0 Å². The maximum absolute atomic E-state index is 13.7. The second kappa shape index (κ2) is 12.9. The van der Waals surface area contributed by atoms with E-state index in [1.54, 1.807) is 54.7 Å². The van der Waals surface area contributed by atoms with E-state index in [2.05, 4.69) is 15.7 Å². The minimum Gasteiger partial charge on any atom is -0.495 e. The van der Waals surface area contributed by atoms with Gasteiger partial charge in [0.25, 0.3) is 11.8 Å². The summed E-state index contributed by atoms with van der Waals surface area (Å²) in [7, 11) is 1.48. The Labute approximate surface area is 248 Å². The Morgan fingerprint density at radius 1 is 0.881 bits per heavy atom. The zero-order chi connectivity index (χ0) is 29.5. The molecule has 1 atom stereocenters. The number of benzene rings is 4. The number of rotatable bonds is 9. The van der Waals surface area contributed by atoms with E-state index in [0.717, 1.165) is 16.3 Å². The normalized spacial score (nSPS) is 15.2. The Hall–Kier alpha value is -5.35. The fraction of sp³-hybridized carbons (Fsp3) is 0.0938.